The molecule has 3 nitrogen and oxygen atoms in total. The van der Waals surface area contributed by atoms with Gasteiger partial charge in [-0.15, -0.1) is 0 Å². The lowest BCUT2D eigenvalue weighted by atomic mass is 10.0. The Morgan fingerprint density at radius 1 is 0.880 bits per heavy atom. The quantitative estimate of drug-likeness (QED) is 0.404. The fraction of sp³-hybridized carbons (Fsp3) is 0.136. The highest BCUT2D eigenvalue weighted by molar-refractivity contribution is 6.22. The Morgan fingerprint density at radius 3 is 2.32 bits per heavy atom. The van der Waals surface area contributed by atoms with Gasteiger partial charge in [-0.05, 0) is 41.3 Å². The van der Waals surface area contributed by atoms with E-state index in [0.717, 1.165) is 11.0 Å². The number of nitrogens with zero attached hydrogens (tertiary/aromatic N) is 2. The second-order valence-corrected chi connectivity index (χ2v) is 6.37. The number of pyridine rings is 1. The number of rotatable bonds is 2. The van der Waals surface area contributed by atoms with Gasteiger partial charge < -0.3 is 9.30 Å². The van der Waals surface area contributed by atoms with E-state index < -0.39 is 0 Å². The maximum atomic E-state index is 5.90. The normalized spacial score (nSPS) is 11.8. The Kier molecular flexibility index (Phi) is 2.98. The molecule has 3 heteroatoms. The number of hydrogen-bond acceptors (Lipinski definition) is 2. The molecule has 0 aliphatic carbocycles. The van der Waals surface area contributed by atoms with Gasteiger partial charge in [0.05, 0.1) is 12.1 Å². The van der Waals surface area contributed by atoms with Crippen molar-refractivity contribution in [1.82, 2.24) is 9.55 Å². The second-order valence-electron chi connectivity index (χ2n) is 6.37. The Morgan fingerprint density at radius 2 is 1.56 bits per heavy atom. The minimum atomic E-state index is 0.602. The first-order chi connectivity index (χ1) is 12.3. The average Bonchev–Trinajstić information content (AvgIpc) is 2.93. The minimum Gasteiger partial charge on any atom is -0.477 e. The zero-order chi connectivity index (χ0) is 17.0. The molecule has 0 saturated heterocycles. The van der Waals surface area contributed by atoms with E-state index in [-0.39, 0.29) is 0 Å². The van der Waals surface area contributed by atoms with Crippen LogP contribution in [0.15, 0.2) is 60.7 Å². The van der Waals surface area contributed by atoms with E-state index in [9.17, 15) is 0 Å². The summed E-state index contributed by atoms with van der Waals surface area (Å²) in [6.07, 6.45) is 0. The van der Waals surface area contributed by atoms with E-state index in [1.54, 1.807) is 0 Å². The van der Waals surface area contributed by atoms with Crippen LogP contribution in [-0.2, 0) is 7.05 Å². The molecule has 0 aliphatic heterocycles. The van der Waals surface area contributed by atoms with Gasteiger partial charge in [-0.1, -0.05) is 42.5 Å². The first-order valence-electron chi connectivity index (χ1n) is 8.60. The molecule has 25 heavy (non-hydrogen) atoms. The summed E-state index contributed by atoms with van der Waals surface area (Å²) in [6, 6.07) is 21.4. The molecular formula is C22H18N2O. The summed E-state index contributed by atoms with van der Waals surface area (Å²) in [5, 5.41) is 7.14. The lowest BCUT2D eigenvalue weighted by Gasteiger charge is -2.10. The van der Waals surface area contributed by atoms with Gasteiger partial charge in [0.1, 0.15) is 5.65 Å². The van der Waals surface area contributed by atoms with E-state index in [4.69, 9.17) is 9.72 Å². The smallest absolute Gasteiger partial charge is 0.223 e. The van der Waals surface area contributed by atoms with Crippen LogP contribution in [0.3, 0.4) is 0 Å². The predicted molar refractivity (Wildman–Crippen MR) is 104 cm³/mol. The molecule has 0 fully saturated rings. The predicted octanol–water partition coefficient (Wildman–Crippen LogP) is 5.43. The molecule has 5 rings (SSSR count). The zero-order valence-electron chi connectivity index (χ0n) is 14.3. The standard InChI is InChI=1S/C22H18N2O/c1-3-25-22-18-13-15-9-5-4-8-14(15)12-17(18)20-16-10-6-7-11-19(16)24(2)21(20)23-22/h4-13H,3H2,1-2H3. The summed E-state index contributed by atoms with van der Waals surface area (Å²) in [5.74, 6) is 0.710. The molecule has 2 heterocycles. The fourth-order valence-electron chi connectivity index (χ4n) is 3.80. The lowest BCUT2D eigenvalue weighted by molar-refractivity contribution is 0.332. The third-order valence-corrected chi connectivity index (χ3v) is 4.95. The molecule has 122 valence electrons. The van der Waals surface area contributed by atoms with Crippen molar-refractivity contribution >= 4 is 43.5 Å². The summed E-state index contributed by atoms with van der Waals surface area (Å²) < 4.78 is 8.06. The fourth-order valence-corrected chi connectivity index (χ4v) is 3.80. The highest BCUT2D eigenvalue weighted by Crippen LogP contribution is 2.38. The summed E-state index contributed by atoms with van der Waals surface area (Å²) in [7, 11) is 2.07. The lowest BCUT2D eigenvalue weighted by Crippen LogP contribution is -1.98. The van der Waals surface area contributed by atoms with E-state index in [2.05, 4.69) is 72.3 Å². The number of fused-ring (bicyclic) bond motifs is 6. The number of ether oxygens (including phenoxy) is 1. The van der Waals surface area contributed by atoms with Crippen molar-refractivity contribution in [3.63, 3.8) is 0 Å². The highest BCUT2D eigenvalue weighted by atomic mass is 16.5. The molecule has 2 aromatic heterocycles. The number of aryl methyl sites for hydroxylation is 1. The van der Waals surface area contributed by atoms with E-state index in [1.165, 1.54) is 32.4 Å². The van der Waals surface area contributed by atoms with Gasteiger partial charge in [0.2, 0.25) is 5.88 Å². The van der Waals surface area contributed by atoms with E-state index in [1.807, 2.05) is 6.92 Å². The van der Waals surface area contributed by atoms with Crippen LogP contribution in [0.5, 0.6) is 5.88 Å². The first-order valence-corrected chi connectivity index (χ1v) is 8.60. The topological polar surface area (TPSA) is 27.1 Å². The summed E-state index contributed by atoms with van der Waals surface area (Å²) in [5.41, 5.74) is 2.15. The van der Waals surface area contributed by atoms with Crippen LogP contribution in [0.1, 0.15) is 6.92 Å². The number of aromatic nitrogens is 2. The maximum Gasteiger partial charge on any atom is 0.223 e. The van der Waals surface area contributed by atoms with Crippen molar-refractivity contribution in [2.75, 3.05) is 6.61 Å². The van der Waals surface area contributed by atoms with Gasteiger partial charge in [-0.3, -0.25) is 0 Å². The van der Waals surface area contributed by atoms with Crippen molar-refractivity contribution in [1.29, 1.82) is 0 Å². The summed E-state index contributed by atoms with van der Waals surface area (Å²) in [4.78, 5) is 4.88. The van der Waals surface area contributed by atoms with Gasteiger partial charge in [0.25, 0.3) is 0 Å². The van der Waals surface area contributed by atoms with Gasteiger partial charge in [0.15, 0.2) is 0 Å². The Bertz CT molecular complexity index is 1270. The Labute approximate surface area is 145 Å². The van der Waals surface area contributed by atoms with Crippen molar-refractivity contribution in [2.24, 2.45) is 7.05 Å². The number of para-hydroxylation sites is 1. The molecule has 0 spiro atoms. The monoisotopic (exact) mass is 326 g/mol. The third-order valence-electron chi connectivity index (χ3n) is 4.95. The zero-order valence-corrected chi connectivity index (χ0v) is 14.3. The molecule has 0 atom stereocenters. The van der Waals surface area contributed by atoms with E-state index in [0.29, 0.717) is 12.5 Å². The van der Waals surface area contributed by atoms with Crippen molar-refractivity contribution in [2.45, 2.75) is 6.92 Å². The molecule has 0 saturated carbocycles. The molecule has 3 aromatic carbocycles. The van der Waals surface area contributed by atoms with Crippen LogP contribution in [0.4, 0.5) is 0 Å². The SMILES string of the molecule is CCOc1nc2c(c3cc4ccccc4cc13)c1ccccc1n2C. The number of benzene rings is 3. The Balaban J connectivity index is 2.08. The van der Waals surface area contributed by atoms with Gasteiger partial charge in [-0.25, -0.2) is 0 Å². The molecule has 0 amide bonds. The average molecular weight is 326 g/mol. The highest BCUT2D eigenvalue weighted by Gasteiger charge is 2.16. The van der Waals surface area contributed by atoms with Gasteiger partial charge in [-0.2, -0.15) is 4.98 Å². The molecule has 0 unspecified atom stereocenters. The van der Waals surface area contributed by atoms with Crippen molar-refractivity contribution < 1.29 is 4.74 Å². The minimum absolute atomic E-state index is 0.602. The first kappa shape index (κ1) is 14.3. The number of hydrogen-bond donors (Lipinski definition) is 0. The van der Waals surface area contributed by atoms with Crippen LogP contribution in [-0.4, -0.2) is 16.2 Å². The van der Waals surface area contributed by atoms with Gasteiger partial charge >= 0.3 is 0 Å². The van der Waals surface area contributed by atoms with Crippen LogP contribution >= 0.6 is 0 Å². The molecule has 5 aromatic rings. The van der Waals surface area contributed by atoms with Crippen LogP contribution in [0.2, 0.25) is 0 Å². The summed E-state index contributed by atoms with van der Waals surface area (Å²) in [6.45, 7) is 2.60. The van der Waals surface area contributed by atoms with Crippen molar-refractivity contribution in [3.8, 4) is 5.88 Å². The van der Waals surface area contributed by atoms with Crippen LogP contribution in [0.25, 0.3) is 43.5 Å². The summed E-state index contributed by atoms with van der Waals surface area (Å²) >= 11 is 0. The van der Waals surface area contributed by atoms with E-state index >= 15 is 0 Å². The third kappa shape index (κ3) is 1.96. The second kappa shape index (κ2) is 5.21. The van der Waals surface area contributed by atoms with Crippen LogP contribution < -0.4 is 4.74 Å². The van der Waals surface area contributed by atoms with Crippen LogP contribution in [0, 0.1) is 0 Å². The largest absolute Gasteiger partial charge is 0.477 e. The molecule has 0 aliphatic rings. The Hall–Kier alpha value is -3.07. The molecule has 0 bridgehead atoms. The molecule has 0 radical (unpaired) electrons. The maximum absolute atomic E-state index is 5.90. The molecular weight excluding hydrogens is 308 g/mol. The van der Waals surface area contributed by atoms with Gasteiger partial charge in [0, 0.05) is 23.2 Å². The van der Waals surface area contributed by atoms with Crippen molar-refractivity contribution in [3.05, 3.63) is 60.7 Å². The molecule has 0 N–H and O–H groups in total.